The Hall–Kier alpha value is 0.590. The van der Waals surface area contributed by atoms with Gasteiger partial charge in [-0.25, -0.2) is 0 Å². The van der Waals surface area contributed by atoms with Crippen LogP contribution >= 0.6 is 0 Å². The topological polar surface area (TPSA) is 0 Å². The van der Waals surface area contributed by atoms with Crippen molar-refractivity contribution in [2.45, 2.75) is 36.0 Å². The van der Waals surface area contributed by atoms with Gasteiger partial charge in [0, 0.05) is 0 Å². The molecule has 1 heterocycles. The minimum absolute atomic E-state index is 0.0580. The molecule has 10 heavy (non-hydrogen) atoms. The quantitative estimate of drug-likeness (QED) is 0.385. The van der Waals surface area contributed by atoms with Gasteiger partial charge in [0.1, 0.15) is 0 Å². The fourth-order valence-corrected chi connectivity index (χ4v) is 3.69. The number of halogens is 3. The molecule has 0 amide bonds. The van der Waals surface area contributed by atoms with E-state index in [1.165, 1.54) is 0 Å². The molecule has 1 aliphatic heterocycles. The van der Waals surface area contributed by atoms with Crippen LogP contribution in [-0.4, -0.2) is 20.7 Å². The van der Waals surface area contributed by atoms with Gasteiger partial charge >= 0.3 is 70.4 Å². The van der Waals surface area contributed by atoms with E-state index in [0.29, 0.717) is 14.8 Å². The summed E-state index contributed by atoms with van der Waals surface area (Å²) >= 11 is -0.0580. The second kappa shape index (κ2) is 3.83. The summed E-state index contributed by atoms with van der Waals surface area (Å²) in [7, 11) is 0. The van der Waals surface area contributed by atoms with Crippen LogP contribution in [0.1, 0.15) is 19.8 Å². The van der Waals surface area contributed by atoms with Crippen molar-refractivity contribution >= 4 is 0 Å². The predicted molar refractivity (Wildman–Crippen MR) is 33.4 cm³/mol. The summed E-state index contributed by atoms with van der Waals surface area (Å²) in [5, 5.41) is 0. The van der Waals surface area contributed by atoms with Gasteiger partial charge in [-0.3, -0.25) is 0 Å². The molecular weight excluding hydrogens is 249 g/mol. The third-order valence-corrected chi connectivity index (χ3v) is 5.21. The fourth-order valence-electron chi connectivity index (χ4n) is 0.981. The Kier molecular flexibility index (Phi) is 3.33. The van der Waals surface area contributed by atoms with E-state index in [1.54, 1.807) is 0 Å². The van der Waals surface area contributed by atoms with Crippen LogP contribution in [0.2, 0.25) is 0 Å². The summed E-state index contributed by atoms with van der Waals surface area (Å²) in [5.41, 5.74) is 0. The van der Waals surface area contributed by atoms with Crippen molar-refractivity contribution in [2.75, 3.05) is 4.43 Å². The van der Waals surface area contributed by atoms with Crippen LogP contribution in [0.15, 0.2) is 0 Å². The molecule has 1 unspecified atom stereocenters. The number of rotatable bonds is 0. The molecule has 1 fully saturated rings. The molecule has 0 nitrogen and oxygen atoms in total. The third-order valence-electron chi connectivity index (χ3n) is 1.73. The number of hydrogen-bond acceptors (Lipinski definition) is 0. The second-order valence-corrected chi connectivity index (χ2v) is 6.59. The average Bonchev–Trinajstić information content (AvgIpc) is 2.04. The molecule has 62 valence electrons. The van der Waals surface area contributed by atoms with Crippen molar-refractivity contribution in [1.82, 2.24) is 0 Å². The third kappa shape index (κ3) is 2.32. The molecule has 0 N–H and O–H groups in total. The molecule has 1 aliphatic rings. The maximum atomic E-state index is 12.7. The van der Waals surface area contributed by atoms with Crippen LogP contribution in [0, 0.1) is 0 Å². The first-order chi connectivity index (χ1) is 4.70. The summed E-state index contributed by atoms with van der Waals surface area (Å²) in [6, 6.07) is 0. The predicted octanol–water partition coefficient (Wildman–Crippen LogP) is -1.07. The Bertz CT molecular complexity index is 95.8. The Balaban J connectivity index is 2.38. The van der Waals surface area contributed by atoms with E-state index in [-0.39, 0.29) is 21.2 Å². The van der Waals surface area contributed by atoms with E-state index in [9.17, 15) is 8.78 Å². The molecule has 0 aromatic carbocycles. The molecule has 0 bridgehead atoms. The SMILES string of the molecule is C[C@H]1CCC(F)[C@H](F)C[I-]1. The Morgan fingerprint density at radius 1 is 1.20 bits per heavy atom. The van der Waals surface area contributed by atoms with E-state index in [1.807, 2.05) is 0 Å². The number of hydrogen-bond donors (Lipinski definition) is 0. The first-order valence-electron chi connectivity index (χ1n) is 3.56. The summed E-state index contributed by atoms with van der Waals surface area (Å²) in [6.45, 7) is 2.11. The zero-order valence-electron chi connectivity index (χ0n) is 5.99. The molecule has 3 heteroatoms. The molecule has 0 spiro atoms. The zero-order chi connectivity index (χ0) is 7.56. The Labute approximate surface area is 70.6 Å². The van der Waals surface area contributed by atoms with Crippen molar-refractivity contribution in [3.63, 3.8) is 0 Å². The van der Waals surface area contributed by atoms with E-state index in [2.05, 4.69) is 6.92 Å². The van der Waals surface area contributed by atoms with Gasteiger partial charge in [-0.05, 0) is 0 Å². The van der Waals surface area contributed by atoms with Crippen molar-refractivity contribution in [2.24, 2.45) is 0 Å². The van der Waals surface area contributed by atoms with Crippen molar-refractivity contribution in [3.8, 4) is 0 Å². The van der Waals surface area contributed by atoms with Gasteiger partial charge in [0.15, 0.2) is 0 Å². The van der Waals surface area contributed by atoms with E-state index in [0.717, 1.165) is 6.42 Å². The molecule has 0 aliphatic carbocycles. The van der Waals surface area contributed by atoms with E-state index >= 15 is 0 Å². The molecular formula is C7H12F2I-. The van der Waals surface area contributed by atoms with Crippen LogP contribution < -0.4 is 21.2 Å². The van der Waals surface area contributed by atoms with Crippen LogP contribution in [-0.2, 0) is 0 Å². The standard InChI is InChI=1S/C7H12F2I/c1-5-2-3-6(8)7(9)4-10-5/h5-7H,2-4H2,1H3/q-1/t5-,6?,7+/m0/s1. The normalized spacial score (nSPS) is 43.7. The molecule has 0 aromatic rings. The Morgan fingerprint density at radius 3 is 2.60 bits per heavy atom. The van der Waals surface area contributed by atoms with Crippen molar-refractivity contribution < 1.29 is 30.0 Å². The molecule has 0 aromatic heterocycles. The molecule has 1 rings (SSSR count). The molecule has 3 atom stereocenters. The van der Waals surface area contributed by atoms with Gasteiger partial charge in [0.2, 0.25) is 0 Å². The van der Waals surface area contributed by atoms with Gasteiger partial charge in [0.25, 0.3) is 0 Å². The van der Waals surface area contributed by atoms with Gasteiger partial charge in [0.05, 0.1) is 0 Å². The zero-order valence-corrected chi connectivity index (χ0v) is 8.14. The number of alkyl halides is 4. The first-order valence-corrected chi connectivity index (χ1v) is 6.33. The molecule has 0 saturated carbocycles. The van der Waals surface area contributed by atoms with E-state index < -0.39 is 12.3 Å². The Morgan fingerprint density at radius 2 is 1.90 bits per heavy atom. The monoisotopic (exact) mass is 261 g/mol. The van der Waals surface area contributed by atoms with Crippen molar-refractivity contribution in [3.05, 3.63) is 0 Å². The van der Waals surface area contributed by atoms with Gasteiger partial charge in [-0.2, -0.15) is 0 Å². The van der Waals surface area contributed by atoms with Crippen LogP contribution in [0.5, 0.6) is 0 Å². The average molecular weight is 261 g/mol. The van der Waals surface area contributed by atoms with Gasteiger partial charge in [-0.1, -0.05) is 0 Å². The summed E-state index contributed by atoms with van der Waals surface area (Å²) in [5.74, 6) is 0. The maximum absolute atomic E-state index is 12.7. The van der Waals surface area contributed by atoms with Gasteiger partial charge in [-0.15, -0.1) is 0 Å². The minimum atomic E-state index is -1.16. The van der Waals surface area contributed by atoms with E-state index in [4.69, 9.17) is 0 Å². The summed E-state index contributed by atoms with van der Waals surface area (Å²) in [4.78, 5) is 0. The molecule has 1 saturated heterocycles. The van der Waals surface area contributed by atoms with Crippen LogP contribution in [0.4, 0.5) is 8.78 Å². The van der Waals surface area contributed by atoms with Crippen molar-refractivity contribution in [1.29, 1.82) is 0 Å². The summed E-state index contributed by atoms with van der Waals surface area (Å²) < 4.78 is 26.5. The second-order valence-electron chi connectivity index (χ2n) is 2.70. The van der Waals surface area contributed by atoms with Gasteiger partial charge < -0.3 is 0 Å². The first kappa shape index (κ1) is 8.68. The summed E-state index contributed by atoms with van der Waals surface area (Å²) in [6.07, 6.45) is -0.959. The van der Waals surface area contributed by atoms with Crippen LogP contribution in [0.3, 0.4) is 0 Å². The fraction of sp³-hybridized carbons (Fsp3) is 1.00. The van der Waals surface area contributed by atoms with Crippen LogP contribution in [0.25, 0.3) is 0 Å². The molecule has 0 radical (unpaired) electrons.